The molecule has 2 aromatic heterocycles. The van der Waals surface area contributed by atoms with Gasteiger partial charge in [-0.25, -0.2) is 4.98 Å². The Labute approximate surface area is 170 Å². The van der Waals surface area contributed by atoms with Gasteiger partial charge >= 0.3 is 0 Å². The molecule has 0 amide bonds. The van der Waals surface area contributed by atoms with Crippen LogP contribution in [0.4, 0.5) is 11.5 Å². The molecule has 0 fully saturated rings. The molecule has 2 N–H and O–H groups in total. The molecule has 2 heterocycles. The highest BCUT2D eigenvalue weighted by atomic mass is 16.5. The molecule has 0 saturated heterocycles. The first kappa shape index (κ1) is 18.9. The van der Waals surface area contributed by atoms with E-state index < -0.39 is 0 Å². The van der Waals surface area contributed by atoms with Crippen molar-refractivity contribution >= 4 is 17.2 Å². The van der Waals surface area contributed by atoms with Gasteiger partial charge in [0.2, 0.25) is 0 Å². The summed E-state index contributed by atoms with van der Waals surface area (Å²) in [5, 5.41) is 13.5. The Bertz CT molecular complexity index is 1160. The van der Waals surface area contributed by atoms with Crippen LogP contribution in [0.15, 0.2) is 60.8 Å². The van der Waals surface area contributed by atoms with Gasteiger partial charge in [-0.3, -0.25) is 4.40 Å². The van der Waals surface area contributed by atoms with Crippen molar-refractivity contribution in [2.45, 2.75) is 26.7 Å². The number of anilines is 2. The lowest BCUT2D eigenvalue weighted by atomic mass is 10.0. The van der Waals surface area contributed by atoms with E-state index in [4.69, 9.17) is 9.72 Å². The van der Waals surface area contributed by atoms with Gasteiger partial charge < -0.3 is 15.2 Å². The summed E-state index contributed by atoms with van der Waals surface area (Å²) in [6.07, 6.45) is 2.02. The Morgan fingerprint density at radius 1 is 1.03 bits per heavy atom. The van der Waals surface area contributed by atoms with Crippen LogP contribution in [-0.2, 0) is 0 Å². The number of aryl methyl sites for hydroxylation is 1. The minimum Gasteiger partial charge on any atom is -0.504 e. The lowest BCUT2D eigenvalue weighted by Crippen LogP contribution is -1.98. The number of pyridine rings is 1. The average Bonchev–Trinajstić information content (AvgIpc) is 3.06. The second kappa shape index (κ2) is 7.51. The van der Waals surface area contributed by atoms with Crippen LogP contribution in [0.2, 0.25) is 0 Å². The largest absolute Gasteiger partial charge is 0.504 e. The molecule has 0 saturated carbocycles. The number of imidazole rings is 1. The normalized spacial score (nSPS) is 11.2. The Hall–Kier alpha value is -3.47. The molecular formula is C24H25N3O2. The van der Waals surface area contributed by atoms with E-state index in [9.17, 15) is 5.11 Å². The number of phenols is 1. The highest BCUT2D eigenvalue weighted by molar-refractivity contribution is 5.81. The molecule has 0 bridgehead atoms. The molecule has 0 aliphatic carbocycles. The van der Waals surface area contributed by atoms with Crippen LogP contribution in [0.25, 0.3) is 16.9 Å². The summed E-state index contributed by atoms with van der Waals surface area (Å²) < 4.78 is 7.33. The molecule has 0 spiro atoms. The fourth-order valence-electron chi connectivity index (χ4n) is 3.38. The van der Waals surface area contributed by atoms with Gasteiger partial charge in [0.1, 0.15) is 17.2 Å². The predicted molar refractivity (Wildman–Crippen MR) is 117 cm³/mol. The zero-order valence-corrected chi connectivity index (χ0v) is 17.1. The third-order valence-corrected chi connectivity index (χ3v) is 5.07. The third-order valence-electron chi connectivity index (χ3n) is 5.07. The number of phenolic OH excluding ortho intramolecular Hbond substituents is 1. The van der Waals surface area contributed by atoms with Crippen LogP contribution in [-0.4, -0.2) is 21.6 Å². The lowest BCUT2D eigenvalue weighted by molar-refractivity contribution is 0.373. The van der Waals surface area contributed by atoms with Gasteiger partial charge in [0.05, 0.1) is 7.11 Å². The van der Waals surface area contributed by atoms with E-state index in [-0.39, 0.29) is 5.75 Å². The van der Waals surface area contributed by atoms with Gasteiger partial charge in [0, 0.05) is 17.4 Å². The lowest BCUT2D eigenvalue weighted by Gasteiger charge is -2.12. The van der Waals surface area contributed by atoms with E-state index in [1.165, 1.54) is 5.56 Å². The number of methoxy groups -OCH3 is 1. The van der Waals surface area contributed by atoms with Crippen molar-refractivity contribution in [3.63, 3.8) is 0 Å². The molecule has 5 nitrogen and oxygen atoms in total. The van der Waals surface area contributed by atoms with Crippen molar-refractivity contribution in [3.05, 3.63) is 71.9 Å². The number of nitrogens with zero attached hydrogens (tertiary/aromatic N) is 2. The molecule has 0 radical (unpaired) electrons. The highest BCUT2D eigenvalue weighted by Gasteiger charge is 2.16. The van der Waals surface area contributed by atoms with Crippen LogP contribution in [0.3, 0.4) is 0 Å². The van der Waals surface area contributed by atoms with E-state index in [2.05, 4.69) is 56.4 Å². The quantitative estimate of drug-likeness (QED) is 0.448. The van der Waals surface area contributed by atoms with E-state index in [1.807, 2.05) is 22.7 Å². The van der Waals surface area contributed by atoms with E-state index in [1.54, 1.807) is 19.2 Å². The topological polar surface area (TPSA) is 58.8 Å². The number of hydrogen-bond donors (Lipinski definition) is 2. The van der Waals surface area contributed by atoms with Crippen LogP contribution in [0, 0.1) is 6.92 Å². The average molecular weight is 387 g/mol. The number of rotatable bonds is 5. The van der Waals surface area contributed by atoms with Crippen LogP contribution < -0.4 is 10.1 Å². The van der Waals surface area contributed by atoms with Crippen molar-refractivity contribution < 1.29 is 9.84 Å². The number of hydrogen-bond acceptors (Lipinski definition) is 4. The summed E-state index contributed by atoms with van der Waals surface area (Å²) in [4.78, 5) is 4.85. The summed E-state index contributed by atoms with van der Waals surface area (Å²) >= 11 is 0. The standard InChI is InChI=1S/C24H25N3O2/c1-15(2)17-5-8-19(9-6-17)25-24-23(18-7-10-20(28)21(14-18)29-4)26-22-13-16(3)11-12-27(22)24/h5-15,25,28H,1-4H3. The molecule has 0 unspecified atom stereocenters. The Morgan fingerprint density at radius 3 is 2.48 bits per heavy atom. The maximum absolute atomic E-state index is 9.97. The van der Waals surface area contributed by atoms with Gasteiger partial charge in [-0.15, -0.1) is 0 Å². The number of ether oxygens (including phenoxy) is 1. The SMILES string of the molecule is COc1cc(-c2nc3cc(C)ccn3c2Nc2ccc(C(C)C)cc2)ccc1O. The minimum absolute atomic E-state index is 0.106. The number of aromatic nitrogens is 2. The number of aromatic hydroxyl groups is 1. The van der Waals surface area contributed by atoms with Gasteiger partial charge in [-0.2, -0.15) is 0 Å². The first-order chi connectivity index (χ1) is 14.0. The molecule has 0 aliphatic heterocycles. The fraction of sp³-hybridized carbons (Fsp3) is 0.208. The smallest absolute Gasteiger partial charge is 0.161 e. The summed E-state index contributed by atoms with van der Waals surface area (Å²) in [7, 11) is 1.54. The molecule has 0 aliphatic rings. The molecule has 5 heteroatoms. The van der Waals surface area contributed by atoms with E-state index in [0.717, 1.165) is 34.0 Å². The minimum atomic E-state index is 0.106. The summed E-state index contributed by atoms with van der Waals surface area (Å²) in [5.41, 5.74) is 5.94. The van der Waals surface area contributed by atoms with Crippen LogP contribution in [0.5, 0.6) is 11.5 Å². The number of nitrogens with one attached hydrogen (secondary N) is 1. The van der Waals surface area contributed by atoms with Gasteiger partial charge in [0.15, 0.2) is 11.5 Å². The summed E-state index contributed by atoms with van der Waals surface area (Å²) in [5.74, 6) is 1.88. The molecule has 2 aromatic carbocycles. The molecule has 0 atom stereocenters. The monoisotopic (exact) mass is 387 g/mol. The maximum atomic E-state index is 9.97. The zero-order valence-electron chi connectivity index (χ0n) is 17.1. The predicted octanol–water partition coefficient (Wildman–Crippen LogP) is 5.89. The number of benzene rings is 2. The molecule has 29 heavy (non-hydrogen) atoms. The van der Waals surface area contributed by atoms with Crippen LogP contribution in [0.1, 0.15) is 30.9 Å². The Morgan fingerprint density at radius 2 is 1.79 bits per heavy atom. The van der Waals surface area contributed by atoms with E-state index >= 15 is 0 Å². The molecular weight excluding hydrogens is 362 g/mol. The Balaban J connectivity index is 1.84. The van der Waals surface area contributed by atoms with Crippen molar-refractivity contribution in [1.29, 1.82) is 0 Å². The van der Waals surface area contributed by atoms with Gasteiger partial charge in [-0.05, 0) is 66.4 Å². The first-order valence-electron chi connectivity index (χ1n) is 9.69. The van der Waals surface area contributed by atoms with Gasteiger partial charge in [-0.1, -0.05) is 26.0 Å². The van der Waals surface area contributed by atoms with Crippen molar-refractivity contribution in [2.24, 2.45) is 0 Å². The third kappa shape index (κ3) is 3.63. The summed E-state index contributed by atoms with van der Waals surface area (Å²) in [6.45, 7) is 6.42. The zero-order chi connectivity index (χ0) is 20.5. The first-order valence-corrected chi connectivity index (χ1v) is 9.69. The second-order valence-electron chi connectivity index (χ2n) is 7.53. The van der Waals surface area contributed by atoms with Crippen molar-refractivity contribution in [2.75, 3.05) is 12.4 Å². The van der Waals surface area contributed by atoms with Crippen molar-refractivity contribution in [3.8, 4) is 22.8 Å². The van der Waals surface area contributed by atoms with Crippen molar-refractivity contribution in [1.82, 2.24) is 9.38 Å². The molecule has 148 valence electrons. The maximum Gasteiger partial charge on any atom is 0.161 e. The molecule has 4 aromatic rings. The second-order valence-corrected chi connectivity index (χ2v) is 7.53. The number of fused-ring (bicyclic) bond motifs is 1. The Kier molecular flexibility index (Phi) is 4.89. The van der Waals surface area contributed by atoms with Crippen LogP contribution >= 0.6 is 0 Å². The fourth-order valence-corrected chi connectivity index (χ4v) is 3.38. The van der Waals surface area contributed by atoms with Gasteiger partial charge in [0.25, 0.3) is 0 Å². The highest BCUT2D eigenvalue weighted by Crippen LogP contribution is 2.36. The molecule has 4 rings (SSSR count). The summed E-state index contributed by atoms with van der Waals surface area (Å²) in [6, 6.07) is 17.8. The van der Waals surface area contributed by atoms with E-state index in [0.29, 0.717) is 11.7 Å².